The first-order valence-corrected chi connectivity index (χ1v) is 18.8. The second kappa shape index (κ2) is 12.9. The predicted molar refractivity (Wildman–Crippen MR) is 230 cm³/mol. The quantitative estimate of drug-likeness (QED) is 0.167. The average Bonchev–Trinajstić information content (AvgIpc) is 3.57. The minimum atomic E-state index is 0.0593. The van der Waals surface area contributed by atoms with E-state index in [-0.39, 0.29) is 5.41 Å². The second-order valence-electron chi connectivity index (χ2n) is 15.4. The number of fused-ring (bicyclic) bond motifs is 6. The van der Waals surface area contributed by atoms with Gasteiger partial charge in [-0.25, -0.2) is 4.98 Å². The van der Waals surface area contributed by atoms with Crippen LogP contribution in [-0.2, 0) is 5.41 Å². The number of pyridine rings is 3. The van der Waals surface area contributed by atoms with Crippen molar-refractivity contribution in [3.8, 4) is 50.6 Å². The molecular formula is C51H38N4. The minimum Gasteiger partial charge on any atom is -0.308 e. The first-order chi connectivity index (χ1) is 26.9. The number of para-hydroxylation sites is 1. The Kier molecular flexibility index (Phi) is 7.67. The molecule has 10 rings (SSSR count). The smallest absolute Gasteiger partial charge is 0.0899 e. The molecule has 0 saturated carbocycles. The van der Waals surface area contributed by atoms with E-state index in [1.807, 2.05) is 36.8 Å². The SMILES string of the molecule is CC(C)(C)c1ccc(-c2cc(-c3cc(-c4ccccn4)nc(-c4cc5ccccc5c5ccccc45)c3)cc(-n3c4ccccc4c4ccncc43)c2)cc1. The van der Waals surface area contributed by atoms with Gasteiger partial charge in [-0.1, -0.05) is 118 Å². The van der Waals surface area contributed by atoms with E-state index < -0.39 is 0 Å². The summed E-state index contributed by atoms with van der Waals surface area (Å²) in [6.45, 7) is 6.78. The predicted octanol–water partition coefficient (Wildman–Crippen LogP) is 13.2. The van der Waals surface area contributed by atoms with Crippen LogP contribution in [0, 0.1) is 0 Å². The van der Waals surface area contributed by atoms with Crippen molar-refractivity contribution in [2.24, 2.45) is 0 Å². The lowest BCUT2D eigenvalue weighted by Gasteiger charge is -2.20. The number of hydrogen-bond acceptors (Lipinski definition) is 3. The van der Waals surface area contributed by atoms with Crippen LogP contribution in [0.5, 0.6) is 0 Å². The normalized spacial score (nSPS) is 11.9. The molecule has 0 aliphatic heterocycles. The Hall–Kier alpha value is -6.91. The molecule has 6 aromatic carbocycles. The van der Waals surface area contributed by atoms with Crippen molar-refractivity contribution in [1.29, 1.82) is 0 Å². The van der Waals surface area contributed by atoms with Crippen LogP contribution in [0.4, 0.5) is 0 Å². The van der Waals surface area contributed by atoms with Crippen molar-refractivity contribution in [3.63, 3.8) is 0 Å². The molecule has 0 bridgehead atoms. The molecule has 10 aromatic rings. The van der Waals surface area contributed by atoms with E-state index in [1.165, 1.54) is 37.9 Å². The molecule has 0 spiro atoms. The van der Waals surface area contributed by atoms with Crippen molar-refractivity contribution in [2.75, 3.05) is 0 Å². The van der Waals surface area contributed by atoms with Gasteiger partial charge in [0.05, 0.1) is 34.3 Å². The molecule has 4 nitrogen and oxygen atoms in total. The molecule has 0 radical (unpaired) electrons. The fourth-order valence-electron chi connectivity index (χ4n) is 8.08. The van der Waals surface area contributed by atoms with Crippen LogP contribution in [0.2, 0.25) is 0 Å². The molecule has 262 valence electrons. The van der Waals surface area contributed by atoms with E-state index in [9.17, 15) is 0 Å². The van der Waals surface area contributed by atoms with Gasteiger partial charge in [0, 0.05) is 34.4 Å². The summed E-state index contributed by atoms with van der Waals surface area (Å²) in [6.07, 6.45) is 5.70. The summed E-state index contributed by atoms with van der Waals surface area (Å²) in [5, 5.41) is 7.19. The lowest BCUT2D eigenvalue weighted by Crippen LogP contribution is -2.10. The van der Waals surface area contributed by atoms with Gasteiger partial charge in [0.2, 0.25) is 0 Å². The average molecular weight is 707 g/mol. The standard InChI is InChI=1S/C51H38N4/c1-51(2,3)38-21-19-33(20-22-38)35-26-36(28-39(27-35)55-49-18-9-8-16-43(49)44-23-25-52-32-50(44)55)37-30-47(54-48(31-37)46-17-10-11-24-53-46)45-29-34-12-4-5-13-40(34)41-14-6-7-15-42(41)45/h4-32H,1-3H3. The molecule has 0 saturated heterocycles. The molecule has 0 unspecified atom stereocenters. The van der Waals surface area contributed by atoms with Gasteiger partial charge in [-0.05, 0) is 115 Å². The van der Waals surface area contributed by atoms with Gasteiger partial charge in [0.15, 0.2) is 0 Å². The summed E-state index contributed by atoms with van der Waals surface area (Å²) in [4.78, 5) is 14.7. The molecule has 0 amide bonds. The highest BCUT2D eigenvalue weighted by atomic mass is 15.0. The van der Waals surface area contributed by atoms with Crippen molar-refractivity contribution in [2.45, 2.75) is 26.2 Å². The van der Waals surface area contributed by atoms with E-state index in [2.05, 4.69) is 170 Å². The van der Waals surface area contributed by atoms with E-state index in [1.54, 1.807) is 0 Å². The van der Waals surface area contributed by atoms with Crippen LogP contribution in [0.3, 0.4) is 0 Å². The number of nitrogens with zero attached hydrogens (tertiary/aromatic N) is 4. The Labute approximate surface area is 320 Å². The second-order valence-corrected chi connectivity index (χ2v) is 15.4. The van der Waals surface area contributed by atoms with E-state index in [0.717, 1.165) is 61.6 Å². The molecule has 0 aliphatic carbocycles. The van der Waals surface area contributed by atoms with E-state index in [4.69, 9.17) is 9.97 Å². The van der Waals surface area contributed by atoms with Crippen LogP contribution in [0.25, 0.3) is 93.9 Å². The third-order valence-corrected chi connectivity index (χ3v) is 10.9. The Bertz CT molecular complexity index is 3010. The van der Waals surface area contributed by atoms with Crippen molar-refractivity contribution in [1.82, 2.24) is 19.5 Å². The van der Waals surface area contributed by atoms with Crippen molar-refractivity contribution in [3.05, 3.63) is 182 Å². The fourth-order valence-corrected chi connectivity index (χ4v) is 8.08. The van der Waals surface area contributed by atoms with Gasteiger partial charge in [-0.15, -0.1) is 0 Å². The molecule has 0 aliphatic rings. The number of hydrogen-bond donors (Lipinski definition) is 0. The summed E-state index contributed by atoms with van der Waals surface area (Å²) in [5.41, 5.74) is 12.8. The zero-order chi connectivity index (χ0) is 37.1. The zero-order valence-corrected chi connectivity index (χ0v) is 31.0. The van der Waals surface area contributed by atoms with E-state index in [0.29, 0.717) is 0 Å². The molecule has 55 heavy (non-hydrogen) atoms. The van der Waals surface area contributed by atoms with Crippen LogP contribution in [-0.4, -0.2) is 19.5 Å². The summed E-state index contributed by atoms with van der Waals surface area (Å²) in [7, 11) is 0. The summed E-state index contributed by atoms with van der Waals surface area (Å²) < 4.78 is 2.35. The Balaban J connectivity index is 1.26. The Morgan fingerprint density at radius 2 is 1.11 bits per heavy atom. The summed E-state index contributed by atoms with van der Waals surface area (Å²) in [5.74, 6) is 0. The number of rotatable bonds is 5. The van der Waals surface area contributed by atoms with Gasteiger partial charge in [-0.2, -0.15) is 0 Å². The lowest BCUT2D eigenvalue weighted by molar-refractivity contribution is 0.590. The third kappa shape index (κ3) is 5.75. The van der Waals surface area contributed by atoms with Gasteiger partial charge < -0.3 is 4.57 Å². The molecule has 0 atom stereocenters. The first-order valence-electron chi connectivity index (χ1n) is 18.8. The van der Waals surface area contributed by atoms with Crippen LogP contribution in [0.15, 0.2) is 176 Å². The van der Waals surface area contributed by atoms with Crippen LogP contribution in [0.1, 0.15) is 26.3 Å². The molecule has 4 heteroatoms. The topological polar surface area (TPSA) is 43.6 Å². The maximum absolute atomic E-state index is 5.35. The maximum atomic E-state index is 5.35. The summed E-state index contributed by atoms with van der Waals surface area (Å²) >= 11 is 0. The van der Waals surface area contributed by atoms with E-state index >= 15 is 0 Å². The van der Waals surface area contributed by atoms with Gasteiger partial charge in [0.1, 0.15) is 0 Å². The first kappa shape index (κ1) is 32.7. The highest BCUT2D eigenvalue weighted by Gasteiger charge is 2.19. The summed E-state index contributed by atoms with van der Waals surface area (Å²) in [6, 6.07) is 56.8. The van der Waals surface area contributed by atoms with Gasteiger partial charge >= 0.3 is 0 Å². The maximum Gasteiger partial charge on any atom is 0.0899 e. The lowest BCUT2D eigenvalue weighted by atomic mass is 9.86. The third-order valence-electron chi connectivity index (χ3n) is 10.9. The van der Waals surface area contributed by atoms with Gasteiger partial charge in [0.25, 0.3) is 0 Å². The van der Waals surface area contributed by atoms with Crippen molar-refractivity contribution >= 4 is 43.4 Å². The van der Waals surface area contributed by atoms with Crippen molar-refractivity contribution < 1.29 is 0 Å². The Morgan fingerprint density at radius 3 is 1.89 bits per heavy atom. The zero-order valence-electron chi connectivity index (χ0n) is 31.0. The molecule has 0 fully saturated rings. The minimum absolute atomic E-state index is 0.0593. The highest BCUT2D eigenvalue weighted by molar-refractivity contribution is 6.14. The highest BCUT2D eigenvalue weighted by Crippen LogP contribution is 2.40. The van der Waals surface area contributed by atoms with Crippen LogP contribution < -0.4 is 0 Å². The largest absolute Gasteiger partial charge is 0.308 e. The molecular weight excluding hydrogens is 669 g/mol. The fraction of sp³-hybridized carbons (Fsp3) is 0.0784. The number of benzene rings is 6. The Morgan fingerprint density at radius 1 is 0.455 bits per heavy atom. The van der Waals surface area contributed by atoms with Crippen LogP contribution >= 0.6 is 0 Å². The monoisotopic (exact) mass is 706 g/mol. The number of aromatic nitrogens is 4. The van der Waals surface area contributed by atoms with Gasteiger partial charge in [-0.3, -0.25) is 9.97 Å². The molecule has 4 aromatic heterocycles. The molecule has 4 heterocycles. The molecule has 0 N–H and O–H groups in total.